The van der Waals surface area contributed by atoms with Crippen LogP contribution in [0.4, 0.5) is 4.39 Å². The maximum Gasteiger partial charge on any atom is 0.286 e. The summed E-state index contributed by atoms with van der Waals surface area (Å²) in [5, 5.41) is 15.5. The summed E-state index contributed by atoms with van der Waals surface area (Å²) in [7, 11) is 0. The standard InChI is InChI=1S/C22H18FN7O3/c23-16-6-5-12(10-17-13-3-1-2-4-14(13)21(32)28-25-17)9-15(16)22(33)29-7-8-30-18(11-29)26-27-20(30)19(24)31/h1-6,9H,7-8,10-11H2,(H2,24,31)(H,28,32). The first-order chi connectivity index (χ1) is 15.9. The molecule has 0 unspecified atom stereocenters. The fourth-order valence-electron chi connectivity index (χ4n) is 4.03. The zero-order chi connectivity index (χ0) is 23.1. The second-order valence-corrected chi connectivity index (χ2v) is 7.72. The summed E-state index contributed by atoms with van der Waals surface area (Å²) < 4.78 is 16.2. The molecule has 0 spiro atoms. The summed E-state index contributed by atoms with van der Waals surface area (Å²) in [5.74, 6) is -1.40. The molecule has 3 N–H and O–H groups in total. The number of primary amides is 1. The van der Waals surface area contributed by atoms with E-state index in [1.165, 1.54) is 17.0 Å². The van der Waals surface area contributed by atoms with E-state index in [-0.39, 0.29) is 36.6 Å². The summed E-state index contributed by atoms with van der Waals surface area (Å²) in [6.07, 6.45) is 0.300. The molecule has 1 aliphatic rings. The molecule has 2 aromatic heterocycles. The minimum atomic E-state index is -0.698. The zero-order valence-corrected chi connectivity index (χ0v) is 17.3. The number of aromatic amines is 1. The summed E-state index contributed by atoms with van der Waals surface area (Å²) in [5.41, 5.74) is 6.20. The van der Waals surface area contributed by atoms with E-state index in [0.717, 1.165) is 0 Å². The molecule has 2 amide bonds. The van der Waals surface area contributed by atoms with Crippen molar-refractivity contribution >= 4 is 22.6 Å². The van der Waals surface area contributed by atoms with Gasteiger partial charge in [0.15, 0.2) is 5.82 Å². The van der Waals surface area contributed by atoms with Crippen LogP contribution in [-0.2, 0) is 19.5 Å². The minimum Gasteiger partial charge on any atom is -0.363 e. The number of aromatic nitrogens is 5. The number of amides is 2. The maximum atomic E-state index is 14.6. The Morgan fingerprint density at radius 1 is 1.09 bits per heavy atom. The quantitative estimate of drug-likeness (QED) is 0.478. The van der Waals surface area contributed by atoms with E-state index >= 15 is 0 Å². The van der Waals surface area contributed by atoms with Gasteiger partial charge in [0.05, 0.1) is 23.2 Å². The van der Waals surface area contributed by atoms with Crippen molar-refractivity contribution in [2.24, 2.45) is 5.73 Å². The molecule has 11 heteroatoms. The van der Waals surface area contributed by atoms with Crippen LogP contribution < -0.4 is 11.3 Å². The topological polar surface area (TPSA) is 140 Å². The van der Waals surface area contributed by atoms with Gasteiger partial charge in [-0.05, 0) is 23.8 Å². The number of halogens is 1. The van der Waals surface area contributed by atoms with E-state index in [0.29, 0.717) is 34.3 Å². The van der Waals surface area contributed by atoms with Crippen LogP contribution in [0.2, 0.25) is 0 Å². The van der Waals surface area contributed by atoms with Crippen LogP contribution in [0.1, 0.15) is 38.1 Å². The number of carbonyl (C=O) groups excluding carboxylic acids is 2. The number of hydrogen-bond donors (Lipinski definition) is 2. The van der Waals surface area contributed by atoms with Gasteiger partial charge in [-0.25, -0.2) is 9.49 Å². The van der Waals surface area contributed by atoms with Crippen LogP contribution in [0, 0.1) is 5.82 Å². The van der Waals surface area contributed by atoms with Gasteiger partial charge < -0.3 is 15.2 Å². The summed E-state index contributed by atoms with van der Waals surface area (Å²) in [6.45, 7) is 0.607. The second kappa shape index (κ2) is 7.93. The molecule has 0 saturated carbocycles. The SMILES string of the molecule is NC(=O)c1nnc2n1CCN(C(=O)c1cc(Cc3n[nH]c(=O)c4ccccc34)ccc1F)C2. The van der Waals surface area contributed by atoms with Crippen LogP contribution in [0.25, 0.3) is 10.8 Å². The molecular formula is C22H18FN7O3. The highest BCUT2D eigenvalue weighted by molar-refractivity contribution is 5.95. The lowest BCUT2D eigenvalue weighted by Crippen LogP contribution is -2.39. The molecule has 0 fully saturated rings. The molecule has 0 saturated heterocycles. The van der Waals surface area contributed by atoms with Gasteiger partial charge in [-0.2, -0.15) is 5.10 Å². The minimum absolute atomic E-state index is 0.0332. The van der Waals surface area contributed by atoms with E-state index < -0.39 is 17.6 Å². The first-order valence-corrected chi connectivity index (χ1v) is 10.2. The highest BCUT2D eigenvalue weighted by Gasteiger charge is 2.28. The van der Waals surface area contributed by atoms with Crippen molar-refractivity contribution in [3.63, 3.8) is 0 Å². The summed E-state index contributed by atoms with van der Waals surface area (Å²) in [4.78, 5) is 38.0. The molecule has 0 aliphatic carbocycles. The molecular weight excluding hydrogens is 429 g/mol. The monoisotopic (exact) mass is 447 g/mol. The first kappa shape index (κ1) is 20.5. The normalized spacial score (nSPS) is 13.2. The average Bonchev–Trinajstić information content (AvgIpc) is 3.25. The van der Waals surface area contributed by atoms with Crippen molar-refractivity contribution in [2.45, 2.75) is 19.5 Å². The molecule has 0 bridgehead atoms. The molecule has 33 heavy (non-hydrogen) atoms. The van der Waals surface area contributed by atoms with Crippen molar-refractivity contribution < 1.29 is 14.0 Å². The number of H-pyrrole nitrogens is 1. The van der Waals surface area contributed by atoms with Crippen molar-refractivity contribution in [3.8, 4) is 0 Å². The summed E-state index contributed by atoms with van der Waals surface area (Å²) in [6, 6.07) is 11.4. The molecule has 4 aromatic rings. The van der Waals surface area contributed by atoms with Gasteiger partial charge in [-0.1, -0.05) is 24.3 Å². The van der Waals surface area contributed by atoms with Gasteiger partial charge >= 0.3 is 0 Å². The Balaban J connectivity index is 1.43. The lowest BCUT2D eigenvalue weighted by atomic mass is 10.0. The fraction of sp³-hybridized carbons (Fsp3) is 0.182. The van der Waals surface area contributed by atoms with E-state index in [1.54, 1.807) is 28.8 Å². The molecule has 2 aromatic carbocycles. The van der Waals surface area contributed by atoms with Gasteiger partial charge in [-0.3, -0.25) is 14.4 Å². The van der Waals surface area contributed by atoms with E-state index in [2.05, 4.69) is 20.4 Å². The third-order valence-electron chi connectivity index (χ3n) is 5.67. The van der Waals surface area contributed by atoms with E-state index in [9.17, 15) is 18.8 Å². The third kappa shape index (κ3) is 3.63. The smallest absolute Gasteiger partial charge is 0.286 e. The van der Waals surface area contributed by atoms with Crippen molar-refractivity contribution in [1.29, 1.82) is 0 Å². The van der Waals surface area contributed by atoms with Crippen LogP contribution in [-0.4, -0.2) is 48.2 Å². The molecule has 3 heterocycles. The molecule has 10 nitrogen and oxygen atoms in total. The molecule has 0 atom stereocenters. The third-order valence-corrected chi connectivity index (χ3v) is 5.67. The van der Waals surface area contributed by atoms with Crippen LogP contribution in [0.3, 0.4) is 0 Å². The largest absolute Gasteiger partial charge is 0.363 e. The van der Waals surface area contributed by atoms with Crippen LogP contribution >= 0.6 is 0 Å². The predicted molar refractivity (Wildman–Crippen MR) is 115 cm³/mol. The van der Waals surface area contributed by atoms with E-state index in [4.69, 9.17) is 5.73 Å². The average molecular weight is 447 g/mol. The van der Waals surface area contributed by atoms with Crippen molar-refractivity contribution in [1.82, 2.24) is 29.9 Å². The Hall–Kier alpha value is -4.41. The Bertz CT molecular complexity index is 1480. The predicted octanol–water partition coefficient (Wildman–Crippen LogP) is 0.999. The number of fused-ring (bicyclic) bond motifs is 2. The van der Waals surface area contributed by atoms with Crippen LogP contribution in [0.5, 0.6) is 0 Å². The van der Waals surface area contributed by atoms with E-state index in [1.807, 2.05) is 6.07 Å². The van der Waals surface area contributed by atoms with Gasteiger partial charge in [0.1, 0.15) is 5.82 Å². The molecule has 166 valence electrons. The zero-order valence-electron chi connectivity index (χ0n) is 17.3. The lowest BCUT2D eigenvalue weighted by Gasteiger charge is -2.27. The Morgan fingerprint density at radius 3 is 2.67 bits per heavy atom. The Morgan fingerprint density at radius 2 is 1.88 bits per heavy atom. The molecule has 5 rings (SSSR count). The number of nitrogens with zero attached hydrogens (tertiary/aromatic N) is 5. The number of nitrogens with two attached hydrogens (primary N) is 1. The number of benzene rings is 2. The summed E-state index contributed by atoms with van der Waals surface area (Å²) >= 11 is 0. The van der Waals surface area contributed by atoms with Gasteiger partial charge in [0.25, 0.3) is 17.4 Å². The molecule has 0 radical (unpaired) electrons. The number of carbonyl (C=O) groups is 2. The fourth-order valence-corrected chi connectivity index (χ4v) is 4.03. The molecule has 1 aliphatic heterocycles. The lowest BCUT2D eigenvalue weighted by molar-refractivity contribution is 0.0701. The highest BCUT2D eigenvalue weighted by atomic mass is 19.1. The van der Waals surface area contributed by atoms with Crippen LogP contribution in [0.15, 0.2) is 47.3 Å². The Kier molecular flexibility index (Phi) is 4.93. The maximum absolute atomic E-state index is 14.6. The van der Waals surface area contributed by atoms with Gasteiger partial charge in [0.2, 0.25) is 5.82 Å². The van der Waals surface area contributed by atoms with Crippen molar-refractivity contribution in [3.05, 3.63) is 87.1 Å². The van der Waals surface area contributed by atoms with Gasteiger partial charge in [0, 0.05) is 24.9 Å². The number of nitrogens with one attached hydrogen (secondary N) is 1. The number of hydrogen-bond acceptors (Lipinski definition) is 6. The first-order valence-electron chi connectivity index (χ1n) is 10.2. The number of rotatable bonds is 4. The Labute approximate surface area is 185 Å². The van der Waals surface area contributed by atoms with Gasteiger partial charge in [-0.15, -0.1) is 10.2 Å². The second-order valence-electron chi connectivity index (χ2n) is 7.72. The highest BCUT2D eigenvalue weighted by Crippen LogP contribution is 2.21. The van der Waals surface area contributed by atoms with Crippen molar-refractivity contribution in [2.75, 3.05) is 6.54 Å².